The second-order valence-electron chi connectivity index (χ2n) is 5.92. The number of likely N-dealkylation sites (tertiary alicyclic amines) is 1. The van der Waals surface area contributed by atoms with Crippen LogP contribution in [0.4, 0.5) is 4.79 Å². The van der Waals surface area contributed by atoms with Crippen molar-refractivity contribution in [3.8, 4) is 0 Å². The van der Waals surface area contributed by atoms with E-state index in [1.54, 1.807) is 17.3 Å². The summed E-state index contributed by atoms with van der Waals surface area (Å²) in [6.45, 7) is 2.80. The van der Waals surface area contributed by atoms with Gasteiger partial charge in [0.1, 0.15) is 0 Å². The lowest BCUT2D eigenvalue weighted by atomic mass is 10.0. The molecule has 1 aliphatic heterocycles. The maximum absolute atomic E-state index is 12.5. The predicted molar refractivity (Wildman–Crippen MR) is 88.4 cm³/mol. The van der Waals surface area contributed by atoms with Crippen molar-refractivity contribution in [1.29, 1.82) is 0 Å². The van der Waals surface area contributed by atoms with Crippen LogP contribution in [-0.2, 0) is 10.0 Å². The molecule has 1 aromatic heterocycles. The number of carbonyl (C=O) groups excluding carboxylic acids is 1. The minimum Gasteiger partial charge on any atom is -0.331 e. The summed E-state index contributed by atoms with van der Waals surface area (Å²) in [5, 5.41) is 2.96. The van der Waals surface area contributed by atoms with Gasteiger partial charge in [-0.3, -0.25) is 4.98 Å². The first-order valence-electron chi connectivity index (χ1n) is 7.78. The Kier molecular flexibility index (Phi) is 5.95. The van der Waals surface area contributed by atoms with Crippen molar-refractivity contribution >= 4 is 16.1 Å². The van der Waals surface area contributed by atoms with E-state index >= 15 is 0 Å². The highest BCUT2D eigenvalue weighted by atomic mass is 32.2. The van der Waals surface area contributed by atoms with Crippen LogP contribution in [0.15, 0.2) is 24.5 Å². The van der Waals surface area contributed by atoms with Crippen LogP contribution in [0.1, 0.15) is 37.8 Å². The maximum atomic E-state index is 12.5. The lowest BCUT2D eigenvalue weighted by Gasteiger charge is -2.36. The van der Waals surface area contributed by atoms with Crippen LogP contribution in [0.5, 0.6) is 0 Å². The van der Waals surface area contributed by atoms with Crippen molar-refractivity contribution in [2.24, 2.45) is 0 Å². The monoisotopic (exact) mass is 340 g/mol. The summed E-state index contributed by atoms with van der Waals surface area (Å²) in [5.74, 6) is 0. The van der Waals surface area contributed by atoms with Crippen LogP contribution in [0, 0.1) is 0 Å². The molecule has 7 nitrogen and oxygen atoms in total. The number of urea groups is 1. The molecule has 2 amide bonds. The van der Waals surface area contributed by atoms with Gasteiger partial charge in [0.05, 0.1) is 12.3 Å². The average Bonchev–Trinajstić information content (AvgIpc) is 2.53. The Morgan fingerprint density at radius 1 is 1.48 bits per heavy atom. The van der Waals surface area contributed by atoms with Gasteiger partial charge in [0.15, 0.2) is 0 Å². The summed E-state index contributed by atoms with van der Waals surface area (Å²) in [6.07, 6.45) is 7.28. The number of nitrogens with zero attached hydrogens (tertiary/aromatic N) is 2. The van der Waals surface area contributed by atoms with Crippen molar-refractivity contribution in [3.05, 3.63) is 30.1 Å². The largest absolute Gasteiger partial charge is 0.331 e. The number of pyridine rings is 1. The van der Waals surface area contributed by atoms with Crippen LogP contribution in [0.2, 0.25) is 0 Å². The molecule has 8 heteroatoms. The van der Waals surface area contributed by atoms with E-state index in [1.165, 1.54) is 0 Å². The van der Waals surface area contributed by atoms with Crippen LogP contribution in [-0.4, -0.2) is 49.7 Å². The maximum Gasteiger partial charge on any atom is 0.318 e. The number of hydrogen-bond donors (Lipinski definition) is 2. The topological polar surface area (TPSA) is 91.4 Å². The van der Waals surface area contributed by atoms with Crippen molar-refractivity contribution in [2.45, 2.75) is 38.3 Å². The summed E-state index contributed by atoms with van der Waals surface area (Å²) in [6, 6.07) is 3.32. The molecule has 0 unspecified atom stereocenters. The summed E-state index contributed by atoms with van der Waals surface area (Å²) >= 11 is 0. The second kappa shape index (κ2) is 7.74. The molecule has 1 aromatic rings. The van der Waals surface area contributed by atoms with Gasteiger partial charge in [-0.25, -0.2) is 17.9 Å². The third kappa shape index (κ3) is 5.47. The molecule has 2 heterocycles. The molecule has 0 aliphatic carbocycles. The van der Waals surface area contributed by atoms with E-state index in [-0.39, 0.29) is 24.7 Å². The molecule has 23 heavy (non-hydrogen) atoms. The first kappa shape index (κ1) is 17.7. The number of rotatable bonds is 5. The first-order valence-corrected chi connectivity index (χ1v) is 9.67. The lowest BCUT2D eigenvalue weighted by molar-refractivity contribution is 0.149. The van der Waals surface area contributed by atoms with Crippen molar-refractivity contribution in [2.75, 3.05) is 19.3 Å². The zero-order valence-corrected chi connectivity index (χ0v) is 14.3. The molecule has 1 saturated heterocycles. The van der Waals surface area contributed by atoms with E-state index in [0.29, 0.717) is 6.54 Å². The molecule has 1 aliphatic rings. The molecule has 2 atom stereocenters. The zero-order valence-electron chi connectivity index (χ0n) is 13.5. The highest BCUT2D eigenvalue weighted by Crippen LogP contribution is 2.18. The molecule has 0 aromatic carbocycles. The SMILES string of the molecule is C[C@H](NC(=O)N1CCCC[C@H]1CNS(C)(=O)=O)c1cccnc1. The fourth-order valence-electron chi connectivity index (χ4n) is 2.71. The Hall–Kier alpha value is -1.67. The van der Waals surface area contributed by atoms with E-state index in [9.17, 15) is 13.2 Å². The van der Waals surface area contributed by atoms with E-state index in [4.69, 9.17) is 0 Å². The van der Waals surface area contributed by atoms with E-state index in [2.05, 4.69) is 15.0 Å². The fraction of sp³-hybridized carbons (Fsp3) is 0.600. The van der Waals surface area contributed by atoms with Crippen LogP contribution >= 0.6 is 0 Å². The normalized spacial score (nSPS) is 20.1. The highest BCUT2D eigenvalue weighted by Gasteiger charge is 2.28. The summed E-state index contributed by atoms with van der Waals surface area (Å²) in [4.78, 5) is 18.3. The number of piperidine rings is 1. The Bertz CT molecular complexity index is 621. The standard InChI is InChI=1S/C15H24N4O3S/c1-12(13-6-5-8-16-10-13)18-15(20)19-9-4-3-7-14(19)11-17-23(2,21)22/h5-6,8,10,12,14,17H,3-4,7,9,11H2,1-2H3,(H,18,20)/t12-,14-/m0/s1. The number of amides is 2. The smallest absolute Gasteiger partial charge is 0.318 e. The van der Waals surface area contributed by atoms with Gasteiger partial charge in [-0.05, 0) is 37.8 Å². The Morgan fingerprint density at radius 3 is 2.91 bits per heavy atom. The van der Waals surface area contributed by atoms with Crippen LogP contribution in [0.25, 0.3) is 0 Å². The summed E-state index contributed by atoms with van der Waals surface area (Å²) < 4.78 is 25.1. The van der Waals surface area contributed by atoms with E-state index in [0.717, 1.165) is 31.1 Å². The van der Waals surface area contributed by atoms with Crippen LogP contribution in [0.3, 0.4) is 0 Å². The first-order chi connectivity index (χ1) is 10.9. The van der Waals surface area contributed by atoms with E-state index in [1.807, 2.05) is 19.1 Å². The molecular formula is C15H24N4O3S. The van der Waals surface area contributed by atoms with Crippen molar-refractivity contribution in [3.63, 3.8) is 0 Å². The van der Waals surface area contributed by atoms with Gasteiger partial charge in [0.25, 0.3) is 0 Å². The molecule has 2 rings (SSSR count). The zero-order chi connectivity index (χ0) is 16.9. The molecule has 128 valence electrons. The Labute approximate surface area is 137 Å². The molecule has 0 saturated carbocycles. The fourth-order valence-corrected chi connectivity index (χ4v) is 3.21. The van der Waals surface area contributed by atoms with Gasteiger partial charge in [-0.1, -0.05) is 6.07 Å². The average molecular weight is 340 g/mol. The third-order valence-electron chi connectivity index (χ3n) is 3.99. The molecule has 0 spiro atoms. The van der Waals surface area contributed by atoms with Crippen LogP contribution < -0.4 is 10.0 Å². The van der Waals surface area contributed by atoms with Gasteiger partial charge < -0.3 is 10.2 Å². The Balaban J connectivity index is 1.97. The number of aromatic nitrogens is 1. The third-order valence-corrected chi connectivity index (χ3v) is 4.68. The minimum atomic E-state index is -3.26. The van der Waals surface area contributed by atoms with Gasteiger partial charge >= 0.3 is 6.03 Å². The molecule has 2 N–H and O–H groups in total. The molecule has 1 fully saturated rings. The second-order valence-corrected chi connectivity index (χ2v) is 7.75. The van der Waals surface area contributed by atoms with E-state index < -0.39 is 10.0 Å². The van der Waals surface area contributed by atoms with Gasteiger partial charge in [-0.2, -0.15) is 0 Å². The highest BCUT2D eigenvalue weighted by molar-refractivity contribution is 7.88. The van der Waals surface area contributed by atoms with Crippen molar-refractivity contribution < 1.29 is 13.2 Å². The number of nitrogens with one attached hydrogen (secondary N) is 2. The lowest BCUT2D eigenvalue weighted by Crippen LogP contribution is -2.53. The quantitative estimate of drug-likeness (QED) is 0.844. The van der Waals surface area contributed by atoms with Gasteiger partial charge in [0, 0.05) is 31.5 Å². The number of sulfonamides is 1. The summed E-state index contributed by atoms with van der Waals surface area (Å²) in [7, 11) is -3.26. The van der Waals surface area contributed by atoms with Crippen molar-refractivity contribution in [1.82, 2.24) is 19.9 Å². The Morgan fingerprint density at radius 2 is 2.26 bits per heavy atom. The summed E-state index contributed by atoms with van der Waals surface area (Å²) in [5.41, 5.74) is 0.934. The molecule has 0 bridgehead atoms. The molecule has 0 radical (unpaired) electrons. The van der Waals surface area contributed by atoms with Gasteiger partial charge in [0.2, 0.25) is 10.0 Å². The number of hydrogen-bond acceptors (Lipinski definition) is 4. The predicted octanol–water partition coefficient (Wildman–Crippen LogP) is 1.26. The minimum absolute atomic E-state index is 0.112. The number of carbonyl (C=O) groups is 1. The van der Waals surface area contributed by atoms with Gasteiger partial charge in [-0.15, -0.1) is 0 Å². The molecular weight excluding hydrogens is 316 g/mol.